The van der Waals surface area contributed by atoms with Gasteiger partial charge in [0.2, 0.25) is 17.7 Å². The molecule has 0 bridgehead atoms. The molecule has 1 aromatic heterocycles. The number of hydrogen-bond donors (Lipinski definition) is 3. The molecule has 1 saturated heterocycles. The molecule has 0 spiro atoms. The van der Waals surface area contributed by atoms with Crippen LogP contribution in [0.3, 0.4) is 0 Å². The van der Waals surface area contributed by atoms with Crippen LogP contribution in [0.1, 0.15) is 69.9 Å². The van der Waals surface area contributed by atoms with Gasteiger partial charge < -0.3 is 20.9 Å². The van der Waals surface area contributed by atoms with Gasteiger partial charge in [0.05, 0.1) is 35.0 Å². The number of aromatic amines is 1. The monoisotopic (exact) mass is 503 g/mol. The highest BCUT2D eigenvalue weighted by Crippen LogP contribution is 2.34. The Bertz CT molecular complexity index is 1210. The molecule has 2 heterocycles. The summed E-state index contributed by atoms with van der Waals surface area (Å²) in [4.78, 5) is 49.5. The number of nitrogens with two attached hydrogens (primary N) is 1. The molecule has 4 atom stereocenters. The third-order valence-electron chi connectivity index (χ3n) is 7.24. The summed E-state index contributed by atoms with van der Waals surface area (Å²) in [5.74, 6) is -1.90. The van der Waals surface area contributed by atoms with Crippen molar-refractivity contribution in [3.8, 4) is 0 Å². The van der Waals surface area contributed by atoms with Gasteiger partial charge in [0, 0.05) is 13.0 Å². The number of aromatic nitrogens is 2. The van der Waals surface area contributed by atoms with E-state index in [1.165, 1.54) is 0 Å². The zero-order valence-corrected chi connectivity index (χ0v) is 21.8. The van der Waals surface area contributed by atoms with E-state index in [9.17, 15) is 14.4 Å². The minimum absolute atomic E-state index is 0.0241. The molecule has 196 valence electrons. The maximum Gasteiger partial charge on any atom is 0.225 e. The van der Waals surface area contributed by atoms with Crippen LogP contribution in [0.5, 0.6) is 0 Å². The Morgan fingerprint density at radius 1 is 1.05 bits per heavy atom. The molecule has 0 saturated carbocycles. The maximum atomic E-state index is 13.6. The average Bonchev–Trinajstić information content (AvgIpc) is 3.54. The minimum atomic E-state index is -0.865. The molecule has 3 amide bonds. The highest BCUT2D eigenvalue weighted by molar-refractivity contribution is 5.91. The molecule has 1 unspecified atom stereocenters. The number of amides is 3. The van der Waals surface area contributed by atoms with Crippen LogP contribution in [-0.2, 0) is 14.4 Å². The molecule has 1 aliphatic heterocycles. The van der Waals surface area contributed by atoms with Crippen molar-refractivity contribution >= 4 is 28.8 Å². The van der Waals surface area contributed by atoms with Gasteiger partial charge in [-0.2, -0.15) is 0 Å². The van der Waals surface area contributed by atoms with E-state index < -0.39 is 23.8 Å². The fourth-order valence-corrected chi connectivity index (χ4v) is 5.36. The summed E-state index contributed by atoms with van der Waals surface area (Å²) in [6.45, 7) is 6.43. The van der Waals surface area contributed by atoms with Gasteiger partial charge in [-0.25, -0.2) is 4.98 Å². The SMILES string of the molecule is CC(C)CC(C(N)=O)[C@H](CC(=O)N1CCC[C@@H]1c1ccccc1)C(=O)N[C@@H](C)c1nc2ccccc2[nH]1. The molecule has 1 aliphatic rings. The van der Waals surface area contributed by atoms with E-state index in [1.54, 1.807) is 0 Å². The van der Waals surface area contributed by atoms with Crippen molar-refractivity contribution in [1.29, 1.82) is 0 Å². The number of para-hydroxylation sites is 2. The van der Waals surface area contributed by atoms with Crippen LogP contribution in [0.25, 0.3) is 11.0 Å². The normalized spacial score (nSPS) is 18.1. The molecule has 4 rings (SSSR count). The minimum Gasteiger partial charge on any atom is -0.369 e. The lowest BCUT2D eigenvalue weighted by molar-refractivity contribution is -0.141. The van der Waals surface area contributed by atoms with Crippen LogP contribution in [-0.4, -0.2) is 39.1 Å². The van der Waals surface area contributed by atoms with Crippen LogP contribution < -0.4 is 11.1 Å². The number of carbonyl (C=O) groups is 3. The first kappa shape index (κ1) is 26.4. The molecule has 37 heavy (non-hydrogen) atoms. The summed E-state index contributed by atoms with van der Waals surface area (Å²) in [6.07, 6.45) is 2.14. The Morgan fingerprint density at radius 3 is 2.43 bits per heavy atom. The highest BCUT2D eigenvalue weighted by Gasteiger charge is 2.38. The van der Waals surface area contributed by atoms with Crippen LogP contribution in [0, 0.1) is 17.8 Å². The summed E-state index contributed by atoms with van der Waals surface area (Å²) in [6, 6.07) is 17.1. The second kappa shape index (κ2) is 11.6. The van der Waals surface area contributed by atoms with Gasteiger partial charge in [-0.15, -0.1) is 0 Å². The largest absolute Gasteiger partial charge is 0.369 e. The van der Waals surface area contributed by atoms with E-state index in [-0.39, 0.29) is 30.2 Å². The number of H-pyrrole nitrogens is 1. The quantitative estimate of drug-likeness (QED) is 0.383. The number of nitrogens with zero attached hydrogens (tertiary/aromatic N) is 2. The van der Waals surface area contributed by atoms with Gasteiger partial charge in [-0.1, -0.05) is 56.3 Å². The Kier molecular flexibility index (Phi) is 8.26. The third-order valence-corrected chi connectivity index (χ3v) is 7.24. The first-order chi connectivity index (χ1) is 17.7. The van der Waals surface area contributed by atoms with E-state index >= 15 is 0 Å². The van der Waals surface area contributed by atoms with E-state index in [2.05, 4.69) is 15.3 Å². The number of carbonyl (C=O) groups excluding carboxylic acids is 3. The summed E-state index contributed by atoms with van der Waals surface area (Å²) in [7, 11) is 0. The third kappa shape index (κ3) is 6.18. The standard InChI is InChI=1S/C29H37N5O3/c1-18(2)16-21(27(30)36)22(17-26(35)34-15-9-14-25(34)20-10-5-4-6-11-20)29(37)31-19(3)28-32-23-12-7-8-13-24(23)33-28/h4-8,10-13,18-19,21-22,25H,9,14-17H2,1-3H3,(H2,30,36)(H,31,37)(H,32,33)/t19-,21?,22-,25+/m0/s1. The van der Waals surface area contributed by atoms with Crippen molar-refractivity contribution < 1.29 is 14.4 Å². The first-order valence-corrected chi connectivity index (χ1v) is 13.1. The molecular formula is C29H37N5O3. The Balaban J connectivity index is 1.55. The summed E-state index contributed by atoms with van der Waals surface area (Å²) < 4.78 is 0. The van der Waals surface area contributed by atoms with Crippen molar-refractivity contribution in [2.24, 2.45) is 23.5 Å². The number of imidazole rings is 1. The van der Waals surface area contributed by atoms with Crippen molar-refractivity contribution in [2.45, 2.75) is 58.5 Å². The summed E-state index contributed by atoms with van der Waals surface area (Å²) in [5.41, 5.74) is 8.57. The second-order valence-corrected chi connectivity index (χ2v) is 10.5. The lowest BCUT2D eigenvalue weighted by atomic mass is 9.81. The second-order valence-electron chi connectivity index (χ2n) is 10.5. The molecule has 0 aliphatic carbocycles. The van der Waals surface area contributed by atoms with Gasteiger partial charge in [0.1, 0.15) is 5.82 Å². The highest BCUT2D eigenvalue weighted by atomic mass is 16.2. The van der Waals surface area contributed by atoms with Gasteiger partial charge in [-0.3, -0.25) is 14.4 Å². The van der Waals surface area contributed by atoms with Crippen molar-refractivity contribution in [2.75, 3.05) is 6.54 Å². The fourth-order valence-electron chi connectivity index (χ4n) is 5.36. The van der Waals surface area contributed by atoms with Gasteiger partial charge in [0.15, 0.2) is 0 Å². The molecule has 2 aromatic carbocycles. The maximum absolute atomic E-state index is 13.6. The van der Waals surface area contributed by atoms with Gasteiger partial charge in [-0.05, 0) is 49.8 Å². The molecule has 0 radical (unpaired) electrons. The average molecular weight is 504 g/mol. The molecule has 8 nitrogen and oxygen atoms in total. The number of likely N-dealkylation sites (tertiary alicyclic amines) is 1. The Hall–Kier alpha value is -3.68. The summed E-state index contributed by atoms with van der Waals surface area (Å²) in [5, 5.41) is 2.99. The lowest BCUT2D eigenvalue weighted by Crippen LogP contribution is -2.44. The van der Waals surface area contributed by atoms with E-state index in [1.807, 2.05) is 80.3 Å². The smallest absolute Gasteiger partial charge is 0.225 e. The Morgan fingerprint density at radius 2 is 1.76 bits per heavy atom. The van der Waals surface area contributed by atoms with Crippen molar-refractivity contribution in [3.63, 3.8) is 0 Å². The van der Waals surface area contributed by atoms with E-state index in [0.29, 0.717) is 18.8 Å². The van der Waals surface area contributed by atoms with E-state index in [4.69, 9.17) is 5.73 Å². The molecule has 3 aromatic rings. The number of rotatable bonds is 10. The predicted octanol–water partition coefficient (Wildman–Crippen LogP) is 4.26. The number of nitrogens with one attached hydrogen (secondary N) is 2. The van der Waals surface area contributed by atoms with Crippen LogP contribution in [0.2, 0.25) is 0 Å². The van der Waals surface area contributed by atoms with E-state index in [0.717, 1.165) is 29.4 Å². The molecule has 4 N–H and O–H groups in total. The van der Waals surface area contributed by atoms with Gasteiger partial charge in [0.25, 0.3) is 0 Å². The lowest BCUT2D eigenvalue weighted by Gasteiger charge is -2.30. The molecular weight excluding hydrogens is 466 g/mol. The Labute approximate surface area is 218 Å². The summed E-state index contributed by atoms with van der Waals surface area (Å²) >= 11 is 0. The van der Waals surface area contributed by atoms with Crippen LogP contribution >= 0.6 is 0 Å². The molecule has 8 heteroatoms. The topological polar surface area (TPSA) is 121 Å². The van der Waals surface area contributed by atoms with Crippen LogP contribution in [0.4, 0.5) is 0 Å². The number of fused-ring (bicyclic) bond motifs is 1. The van der Waals surface area contributed by atoms with Crippen molar-refractivity contribution in [3.05, 3.63) is 66.0 Å². The van der Waals surface area contributed by atoms with Gasteiger partial charge >= 0.3 is 0 Å². The number of hydrogen-bond acceptors (Lipinski definition) is 4. The predicted molar refractivity (Wildman–Crippen MR) is 143 cm³/mol. The first-order valence-electron chi connectivity index (χ1n) is 13.1. The molecule has 1 fully saturated rings. The van der Waals surface area contributed by atoms with Crippen molar-refractivity contribution in [1.82, 2.24) is 20.2 Å². The fraction of sp³-hybridized carbons (Fsp3) is 0.448. The zero-order chi connectivity index (χ0) is 26.5. The number of benzene rings is 2. The zero-order valence-electron chi connectivity index (χ0n) is 21.8. The number of primary amides is 1. The van der Waals surface area contributed by atoms with Crippen LogP contribution in [0.15, 0.2) is 54.6 Å².